The van der Waals surface area contributed by atoms with Gasteiger partial charge in [0.05, 0.1) is 20.3 Å². The van der Waals surface area contributed by atoms with Crippen molar-refractivity contribution in [2.45, 2.75) is 6.04 Å². The van der Waals surface area contributed by atoms with Crippen molar-refractivity contribution in [3.8, 4) is 11.5 Å². The van der Waals surface area contributed by atoms with Crippen LogP contribution in [-0.4, -0.2) is 14.2 Å². The summed E-state index contributed by atoms with van der Waals surface area (Å²) in [4.78, 5) is 0. The van der Waals surface area contributed by atoms with Crippen LogP contribution in [0.1, 0.15) is 17.2 Å². The Morgan fingerprint density at radius 1 is 0.950 bits per heavy atom. The average molecular weight is 279 g/mol. The van der Waals surface area contributed by atoms with Crippen LogP contribution in [0.15, 0.2) is 36.4 Å². The quantitative estimate of drug-likeness (QED) is 0.935. The number of hydrogen-bond acceptors (Lipinski definition) is 3. The number of rotatable bonds is 4. The molecule has 0 aromatic heterocycles. The van der Waals surface area contributed by atoms with Gasteiger partial charge in [-0.2, -0.15) is 0 Å². The molecule has 0 aliphatic rings. The van der Waals surface area contributed by atoms with E-state index in [0.717, 1.165) is 6.07 Å². The monoisotopic (exact) mass is 279 g/mol. The van der Waals surface area contributed by atoms with Gasteiger partial charge in [0.25, 0.3) is 0 Å². The average Bonchev–Trinajstić information content (AvgIpc) is 2.44. The van der Waals surface area contributed by atoms with Crippen molar-refractivity contribution in [2.24, 2.45) is 5.73 Å². The van der Waals surface area contributed by atoms with E-state index in [4.69, 9.17) is 15.2 Å². The molecule has 0 aliphatic carbocycles. The molecule has 1 atom stereocenters. The van der Waals surface area contributed by atoms with Gasteiger partial charge in [0.1, 0.15) is 23.1 Å². The third kappa shape index (κ3) is 2.88. The van der Waals surface area contributed by atoms with Gasteiger partial charge in [-0.05, 0) is 35.9 Å². The first-order chi connectivity index (χ1) is 9.55. The molecule has 0 spiro atoms. The molecule has 5 heteroatoms. The van der Waals surface area contributed by atoms with Gasteiger partial charge in [0.2, 0.25) is 0 Å². The zero-order valence-electron chi connectivity index (χ0n) is 11.2. The van der Waals surface area contributed by atoms with Gasteiger partial charge in [-0.15, -0.1) is 0 Å². The van der Waals surface area contributed by atoms with Gasteiger partial charge in [-0.3, -0.25) is 0 Å². The van der Waals surface area contributed by atoms with Crippen molar-refractivity contribution in [2.75, 3.05) is 14.2 Å². The largest absolute Gasteiger partial charge is 0.497 e. The predicted octanol–water partition coefficient (Wildman–Crippen LogP) is 3.03. The lowest BCUT2D eigenvalue weighted by atomic mass is 9.98. The third-order valence-electron chi connectivity index (χ3n) is 3.02. The van der Waals surface area contributed by atoms with E-state index >= 15 is 0 Å². The van der Waals surface area contributed by atoms with Gasteiger partial charge in [-0.25, -0.2) is 8.78 Å². The highest BCUT2D eigenvalue weighted by Crippen LogP contribution is 2.32. The van der Waals surface area contributed by atoms with Crippen molar-refractivity contribution < 1.29 is 18.3 Å². The Bertz CT molecular complexity index is 597. The molecule has 2 aromatic carbocycles. The Kier molecular flexibility index (Phi) is 4.20. The summed E-state index contributed by atoms with van der Waals surface area (Å²) in [7, 11) is 3.03. The van der Waals surface area contributed by atoms with E-state index in [9.17, 15) is 8.78 Å². The summed E-state index contributed by atoms with van der Waals surface area (Å²) in [5.41, 5.74) is 7.01. The number of methoxy groups -OCH3 is 2. The second-order valence-corrected chi connectivity index (χ2v) is 4.29. The number of halogens is 2. The summed E-state index contributed by atoms with van der Waals surface area (Å²) in [6.07, 6.45) is 0. The predicted molar refractivity (Wildman–Crippen MR) is 71.9 cm³/mol. The van der Waals surface area contributed by atoms with Crippen molar-refractivity contribution in [3.63, 3.8) is 0 Å². The van der Waals surface area contributed by atoms with E-state index in [1.54, 1.807) is 18.2 Å². The van der Waals surface area contributed by atoms with Crippen LogP contribution in [0, 0.1) is 11.6 Å². The number of hydrogen-bond donors (Lipinski definition) is 1. The normalized spacial score (nSPS) is 12.1. The van der Waals surface area contributed by atoms with E-state index in [1.165, 1.54) is 26.4 Å². The molecule has 2 aromatic rings. The maximum Gasteiger partial charge on any atom is 0.126 e. The SMILES string of the molecule is COc1ccc(OC)c(C(N)c2cc(F)cc(F)c2)c1. The minimum Gasteiger partial charge on any atom is -0.497 e. The molecule has 0 fully saturated rings. The molecule has 0 amide bonds. The Balaban J connectivity index is 2.48. The van der Waals surface area contributed by atoms with Crippen molar-refractivity contribution in [3.05, 3.63) is 59.2 Å². The van der Waals surface area contributed by atoms with Gasteiger partial charge in [-0.1, -0.05) is 0 Å². The molecule has 0 bridgehead atoms. The second-order valence-electron chi connectivity index (χ2n) is 4.29. The van der Waals surface area contributed by atoms with Gasteiger partial charge < -0.3 is 15.2 Å². The van der Waals surface area contributed by atoms with E-state index in [-0.39, 0.29) is 0 Å². The summed E-state index contributed by atoms with van der Waals surface area (Å²) in [5.74, 6) is -0.217. The molecule has 3 nitrogen and oxygen atoms in total. The molecule has 0 saturated heterocycles. The highest BCUT2D eigenvalue weighted by atomic mass is 19.1. The molecule has 20 heavy (non-hydrogen) atoms. The first-order valence-electron chi connectivity index (χ1n) is 5.98. The lowest BCUT2D eigenvalue weighted by Gasteiger charge is -2.17. The van der Waals surface area contributed by atoms with Crippen LogP contribution in [0.25, 0.3) is 0 Å². The van der Waals surface area contributed by atoms with E-state index in [1.807, 2.05) is 0 Å². The summed E-state index contributed by atoms with van der Waals surface area (Å²) in [6.45, 7) is 0. The zero-order chi connectivity index (χ0) is 14.7. The summed E-state index contributed by atoms with van der Waals surface area (Å²) in [6, 6.07) is 7.60. The fraction of sp³-hybridized carbons (Fsp3) is 0.200. The molecule has 1 unspecified atom stereocenters. The van der Waals surface area contributed by atoms with Crippen LogP contribution in [-0.2, 0) is 0 Å². The third-order valence-corrected chi connectivity index (χ3v) is 3.02. The molecular formula is C15H15F2NO2. The van der Waals surface area contributed by atoms with Crippen LogP contribution in [0.2, 0.25) is 0 Å². The highest BCUT2D eigenvalue weighted by Gasteiger charge is 2.16. The standard InChI is InChI=1S/C15H15F2NO2/c1-19-12-3-4-14(20-2)13(8-12)15(18)9-5-10(16)7-11(17)6-9/h3-8,15H,18H2,1-2H3. The van der Waals surface area contributed by atoms with Crippen molar-refractivity contribution in [1.82, 2.24) is 0 Å². The maximum absolute atomic E-state index is 13.3. The van der Waals surface area contributed by atoms with E-state index in [2.05, 4.69) is 0 Å². The Hall–Kier alpha value is -2.14. The fourth-order valence-electron chi connectivity index (χ4n) is 2.02. The molecular weight excluding hydrogens is 264 g/mol. The van der Waals surface area contributed by atoms with Crippen molar-refractivity contribution in [1.29, 1.82) is 0 Å². The Labute approximate surface area is 115 Å². The molecule has 0 radical (unpaired) electrons. The summed E-state index contributed by atoms with van der Waals surface area (Å²) >= 11 is 0. The van der Waals surface area contributed by atoms with Gasteiger partial charge in [0.15, 0.2) is 0 Å². The number of benzene rings is 2. The summed E-state index contributed by atoms with van der Waals surface area (Å²) in [5, 5.41) is 0. The second kappa shape index (κ2) is 5.88. The van der Waals surface area contributed by atoms with Gasteiger partial charge >= 0.3 is 0 Å². The van der Waals surface area contributed by atoms with Crippen molar-refractivity contribution >= 4 is 0 Å². The van der Waals surface area contributed by atoms with Gasteiger partial charge in [0, 0.05) is 11.6 Å². The number of ether oxygens (including phenoxy) is 2. The Morgan fingerprint density at radius 2 is 1.60 bits per heavy atom. The lowest BCUT2D eigenvalue weighted by Crippen LogP contribution is -2.14. The molecule has 2 N–H and O–H groups in total. The molecule has 2 rings (SSSR count). The molecule has 0 saturated carbocycles. The number of nitrogens with two attached hydrogens (primary N) is 1. The smallest absolute Gasteiger partial charge is 0.126 e. The molecule has 0 heterocycles. The minimum absolute atomic E-state index is 0.328. The minimum atomic E-state index is -0.717. The fourth-order valence-corrected chi connectivity index (χ4v) is 2.02. The van der Waals surface area contributed by atoms with Crippen LogP contribution in [0.4, 0.5) is 8.78 Å². The van der Waals surface area contributed by atoms with E-state index in [0.29, 0.717) is 22.6 Å². The lowest BCUT2D eigenvalue weighted by molar-refractivity contribution is 0.397. The first kappa shape index (κ1) is 14.3. The van der Waals surface area contributed by atoms with E-state index < -0.39 is 17.7 Å². The topological polar surface area (TPSA) is 44.5 Å². The molecule has 106 valence electrons. The zero-order valence-corrected chi connectivity index (χ0v) is 11.2. The maximum atomic E-state index is 13.3. The molecule has 0 aliphatic heterocycles. The van der Waals surface area contributed by atoms with Crippen LogP contribution in [0.3, 0.4) is 0 Å². The summed E-state index contributed by atoms with van der Waals surface area (Å²) < 4.78 is 36.9. The highest BCUT2D eigenvalue weighted by molar-refractivity contribution is 5.46. The van der Waals surface area contributed by atoms with Crippen LogP contribution in [0.5, 0.6) is 11.5 Å². The first-order valence-corrected chi connectivity index (χ1v) is 5.98. The van der Waals surface area contributed by atoms with Crippen LogP contribution < -0.4 is 15.2 Å². The Morgan fingerprint density at radius 3 is 2.15 bits per heavy atom. The van der Waals surface area contributed by atoms with Crippen LogP contribution >= 0.6 is 0 Å².